The van der Waals surface area contributed by atoms with E-state index in [9.17, 15) is 19.2 Å². The highest BCUT2D eigenvalue weighted by Gasteiger charge is 2.46. The third kappa shape index (κ3) is 5.37. The summed E-state index contributed by atoms with van der Waals surface area (Å²) >= 11 is 0. The summed E-state index contributed by atoms with van der Waals surface area (Å²) < 4.78 is 15.3. The molecular weight excluding hydrogens is 404 g/mol. The van der Waals surface area contributed by atoms with Crippen molar-refractivity contribution in [1.82, 2.24) is 9.80 Å². The molecule has 9 nitrogen and oxygen atoms in total. The second kappa shape index (κ2) is 10.4. The van der Waals surface area contributed by atoms with Gasteiger partial charge in [-0.2, -0.15) is 0 Å². The van der Waals surface area contributed by atoms with Crippen molar-refractivity contribution in [1.29, 1.82) is 0 Å². The minimum absolute atomic E-state index is 0.0661. The number of amides is 1. The number of ketones is 1. The van der Waals surface area contributed by atoms with Crippen LogP contribution in [-0.4, -0.2) is 85.7 Å². The molecule has 0 aromatic heterocycles. The van der Waals surface area contributed by atoms with Crippen molar-refractivity contribution in [3.63, 3.8) is 0 Å². The fraction of sp³-hybridized carbons (Fsp3) is 0.818. The van der Waals surface area contributed by atoms with Crippen LogP contribution in [0.5, 0.6) is 0 Å². The lowest BCUT2D eigenvalue weighted by Gasteiger charge is -2.48. The number of esters is 2. The lowest BCUT2D eigenvalue weighted by molar-refractivity contribution is -0.154. The first-order valence-electron chi connectivity index (χ1n) is 11.3. The number of methoxy groups -OCH3 is 1. The molecule has 0 radical (unpaired) electrons. The number of hydrogen-bond acceptors (Lipinski definition) is 8. The zero-order valence-corrected chi connectivity index (χ0v) is 18.7. The first kappa shape index (κ1) is 23.5. The average molecular weight is 439 g/mol. The molecule has 4 unspecified atom stereocenters. The Bertz CT molecular complexity index is 697. The van der Waals surface area contributed by atoms with Crippen LogP contribution in [0.4, 0.5) is 4.79 Å². The third-order valence-corrected chi connectivity index (χ3v) is 6.86. The number of Topliss-reactive ketones (excluding diaryl/α,β-unsaturated/α-hetero) is 1. The predicted octanol–water partition coefficient (Wildman–Crippen LogP) is 1.63. The van der Waals surface area contributed by atoms with Gasteiger partial charge in [0.1, 0.15) is 11.8 Å². The summed E-state index contributed by atoms with van der Waals surface area (Å²) in [6.07, 6.45) is 2.89. The van der Waals surface area contributed by atoms with Crippen LogP contribution < -0.4 is 0 Å². The third-order valence-electron chi connectivity index (χ3n) is 6.86. The molecule has 1 amide bonds. The largest absolute Gasteiger partial charge is 0.466 e. The van der Waals surface area contributed by atoms with Gasteiger partial charge < -0.3 is 14.2 Å². The van der Waals surface area contributed by atoms with Crippen LogP contribution in [0.1, 0.15) is 46.0 Å². The van der Waals surface area contributed by atoms with Gasteiger partial charge in [-0.25, -0.2) is 9.59 Å². The summed E-state index contributed by atoms with van der Waals surface area (Å²) in [4.78, 5) is 52.9. The lowest BCUT2D eigenvalue weighted by Crippen LogP contribution is -2.57. The smallest absolute Gasteiger partial charge is 0.410 e. The number of rotatable bonds is 5. The van der Waals surface area contributed by atoms with Crippen LogP contribution in [0.15, 0.2) is 0 Å². The number of nitrogens with zero attached hydrogens (tertiary/aromatic N) is 2. The molecule has 31 heavy (non-hydrogen) atoms. The molecule has 5 atom stereocenters. The molecule has 0 N–H and O–H groups in total. The number of fused-ring (bicyclic) bond motifs is 1. The number of likely N-dealkylation sites (tertiary alicyclic amines) is 2. The van der Waals surface area contributed by atoms with Gasteiger partial charge in [-0.1, -0.05) is 0 Å². The van der Waals surface area contributed by atoms with Gasteiger partial charge in [0, 0.05) is 25.6 Å². The zero-order chi connectivity index (χ0) is 22.5. The number of carbonyl (C=O) groups excluding carboxylic acids is 4. The summed E-state index contributed by atoms with van der Waals surface area (Å²) in [5, 5.41) is 0. The highest BCUT2D eigenvalue weighted by atomic mass is 16.6. The summed E-state index contributed by atoms with van der Waals surface area (Å²) in [5.41, 5.74) is 0. The van der Waals surface area contributed by atoms with Gasteiger partial charge in [-0.3, -0.25) is 19.4 Å². The molecule has 1 aliphatic carbocycles. The second-order valence-corrected chi connectivity index (χ2v) is 8.73. The molecule has 2 aliphatic heterocycles. The van der Waals surface area contributed by atoms with Gasteiger partial charge in [0.25, 0.3) is 0 Å². The molecule has 0 aromatic rings. The normalized spacial score (nSPS) is 31.5. The van der Waals surface area contributed by atoms with Crippen molar-refractivity contribution in [2.45, 2.75) is 58.0 Å². The number of ether oxygens (including phenoxy) is 3. The van der Waals surface area contributed by atoms with Crippen LogP contribution in [-0.2, 0) is 28.6 Å². The Morgan fingerprint density at radius 1 is 0.968 bits per heavy atom. The van der Waals surface area contributed by atoms with Gasteiger partial charge in [-0.15, -0.1) is 0 Å². The maximum absolute atomic E-state index is 12.5. The second-order valence-electron chi connectivity index (χ2n) is 8.73. The summed E-state index contributed by atoms with van der Waals surface area (Å²) in [6.45, 7) is 5.43. The van der Waals surface area contributed by atoms with Crippen molar-refractivity contribution in [3.8, 4) is 0 Å². The van der Waals surface area contributed by atoms with Gasteiger partial charge in [0.15, 0.2) is 0 Å². The van der Waals surface area contributed by atoms with Gasteiger partial charge in [0.2, 0.25) is 0 Å². The molecule has 0 spiro atoms. The van der Waals surface area contributed by atoms with E-state index in [2.05, 4.69) is 4.90 Å². The van der Waals surface area contributed by atoms with E-state index in [1.165, 1.54) is 12.0 Å². The van der Waals surface area contributed by atoms with Crippen LogP contribution in [0.3, 0.4) is 0 Å². The number of piperidine rings is 2. The minimum Gasteiger partial charge on any atom is -0.466 e. The first-order chi connectivity index (χ1) is 14.9. The van der Waals surface area contributed by atoms with Crippen LogP contribution >= 0.6 is 0 Å². The molecule has 2 heterocycles. The number of carbonyl (C=O) groups is 4. The van der Waals surface area contributed by atoms with E-state index in [-0.39, 0.29) is 42.7 Å². The Labute approximate surface area is 183 Å². The van der Waals surface area contributed by atoms with E-state index < -0.39 is 24.0 Å². The van der Waals surface area contributed by atoms with E-state index in [0.717, 1.165) is 19.3 Å². The summed E-state index contributed by atoms with van der Waals surface area (Å²) in [6, 6.07) is -0.474. The molecule has 0 aromatic carbocycles. The standard InChI is InChI=1S/C22H34N2O7/c1-4-30-20(26)16-9-18(25)13-23(11-16)17-7-6-14-12-24(22(28)29-3)19(10-15(14)8-17)21(27)31-5-2/h14-17,19H,4-13H2,1-3H3/t14?,15?,16-,17?,19?/m0/s1. The van der Waals surface area contributed by atoms with E-state index in [4.69, 9.17) is 14.2 Å². The molecule has 9 heteroatoms. The van der Waals surface area contributed by atoms with Crippen molar-refractivity contribution >= 4 is 23.8 Å². The van der Waals surface area contributed by atoms with Crippen molar-refractivity contribution in [2.75, 3.05) is 40.0 Å². The maximum Gasteiger partial charge on any atom is 0.410 e. The summed E-state index contributed by atoms with van der Waals surface area (Å²) in [5.74, 6) is -0.523. The zero-order valence-electron chi connectivity index (χ0n) is 18.7. The lowest BCUT2D eigenvalue weighted by atomic mass is 9.70. The molecule has 0 bridgehead atoms. The Morgan fingerprint density at radius 2 is 1.68 bits per heavy atom. The van der Waals surface area contributed by atoms with Crippen molar-refractivity contribution in [2.24, 2.45) is 17.8 Å². The van der Waals surface area contributed by atoms with Gasteiger partial charge in [0.05, 0.1) is 32.8 Å². The van der Waals surface area contributed by atoms with E-state index in [1.54, 1.807) is 13.8 Å². The van der Waals surface area contributed by atoms with Crippen molar-refractivity contribution in [3.05, 3.63) is 0 Å². The highest BCUT2D eigenvalue weighted by molar-refractivity contribution is 5.87. The monoisotopic (exact) mass is 438 g/mol. The molecule has 3 fully saturated rings. The molecule has 174 valence electrons. The van der Waals surface area contributed by atoms with E-state index in [0.29, 0.717) is 32.7 Å². The maximum atomic E-state index is 12.5. The molecule has 2 saturated heterocycles. The Hall–Kier alpha value is -2.16. The van der Waals surface area contributed by atoms with Crippen LogP contribution in [0.25, 0.3) is 0 Å². The molecule has 3 aliphatic rings. The first-order valence-corrected chi connectivity index (χ1v) is 11.3. The Kier molecular flexibility index (Phi) is 7.91. The Balaban J connectivity index is 1.68. The fourth-order valence-corrected chi connectivity index (χ4v) is 5.41. The van der Waals surface area contributed by atoms with Crippen molar-refractivity contribution < 1.29 is 33.4 Å². The van der Waals surface area contributed by atoms with E-state index in [1.807, 2.05) is 0 Å². The fourth-order valence-electron chi connectivity index (χ4n) is 5.41. The Morgan fingerprint density at radius 3 is 2.35 bits per heavy atom. The molecular formula is C22H34N2O7. The predicted molar refractivity (Wildman–Crippen MR) is 110 cm³/mol. The quantitative estimate of drug-likeness (QED) is 0.471. The molecule has 1 saturated carbocycles. The van der Waals surface area contributed by atoms with Crippen LogP contribution in [0.2, 0.25) is 0 Å². The van der Waals surface area contributed by atoms with E-state index >= 15 is 0 Å². The highest BCUT2D eigenvalue weighted by Crippen LogP contribution is 2.41. The SMILES string of the molecule is CCOC(=O)C1CC2CC(N3CC(=O)C[C@H](C(=O)OCC)C3)CCC2CN1C(=O)OC. The van der Waals surface area contributed by atoms with Gasteiger partial charge >= 0.3 is 18.0 Å². The minimum atomic E-state index is -0.650. The molecule has 3 rings (SSSR count). The van der Waals surface area contributed by atoms with Crippen LogP contribution in [0, 0.1) is 17.8 Å². The average Bonchev–Trinajstić information content (AvgIpc) is 2.77. The van der Waals surface area contributed by atoms with Gasteiger partial charge in [-0.05, 0) is 51.4 Å². The number of hydrogen-bond donors (Lipinski definition) is 0. The topological polar surface area (TPSA) is 102 Å². The summed E-state index contributed by atoms with van der Waals surface area (Å²) in [7, 11) is 1.32.